The van der Waals surface area contributed by atoms with Gasteiger partial charge in [-0.3, -0.25) is 9.59 Å². The van der Waals surface area contributed by atoms with Crippen molar-refractivity contribution in [1.82, 2.24) is 0 Å². The molecule has 0 atom stereocenters. The van der Waals surface area contributed by atoms with Gasteiger partial charge >= 0.3 is 0 Å². The third kappa shape index (κ3) is 5.21. The van der Waals surface area contributed by atoms with Gasteiger partial charge in [0.2, 0.25) is 11.8 Å². The fourth-order valence-corrected chi connectivity index (χ4v) is 3.43. The van der Waals surface area contributed by atoms with E-state index in [0.717, 1.165) is 16.7 Å². The average molecular weight is 441 g/mol. The average Bonchev–Trinajstić information content (AvgIpc) is 2.73. The molecule has 0 saturated heterocycles. The number of anilines is 2. The van der Waals surface area contributed by atoms with Gasteiger partial charge in [-0.15, -0.1) is 0 Å². The Hall–Kier alpha value is -2.82. The third-order valence-corrected chi connectivity index (χ3v) is 5.79. The van der Waals surface area contributed by atoms with Crippen molar-refractivity contribution in [2.24, 2.45) is 5.92 Å². The minimum absolute atomic E-state index is 0.262. The first kappa shape index (κ1) is 21.9. The molecule has 0 aliphatic carbocycles. The molecule has 3 aromatic rings. The molecule has 3 rings (SSSR count). The Labute approximate surface area is 186 Å². The molecule has 30 heavy (non-hydrogen) atoms. The third-order valence-electron chi connectivity index (χ3n) is 4.97. The van der Waals surface area contributed by atoms with Gasteiger partial charge in [-0.05, 0) is 61.2 Å². The number of carbonyl (C=O) groups excluding carboxylic acids is 2. The van der Waals surface area contributed by atoms with Crippen LogP contribution in [0.3, 0.4) is 0 Å². The molecule has 0 unspecified atom stereocenters. The lowest BCUT2D eigenvalue weighted by Gasteiger charge is -2.19. The maximum absolute atomic E-state index is 13.1. The largest absolute Gasteiger partial charge is 0.325 e. The molecule has 0 aromatic heterocycles. The van der Waals surface area contributed by atoms with Crippen molar-refractivity contribution in [3.63, 3.8) is 0 Å². The van der Waals surface area contributed by atoms with Crippen molar-refractivity contribution in [3.05, 3.63) is 93.5 Å². The van der Waals surface area contributed by atoms with E-state index in [1.165, 1.54) is 0 Å². The summed E-state index contributed by atoms with van der Waals surface area (Å²) in [6, 6.07) is 20.0. The minimum Gasteiger partial charge on any atom is -0.325 e. The summed E-state index contributed by atoms with van der Waals surface area (Å²) in [5.41, 5.74) is 3.54. The monoisotopic (exact) mass is 440 g/mol. The summed E-state index contributed by atoms with van der Waals surface area (Å²) >= 11 is 12.3. The predicted molar refractivity (Wildman–Crippen MR) is 123 cm³/mol. The van der Waals surface area contributed by atoms with Gasteiger partial charge in [-0.25, -0.2) is 0 Å². The van der Waals surface area contributed by atoms with Crippen LogP contribution in [0.2, 0.25) is 10.0 Å². The summed E-state index contributed by atoms with van der Waals surface area (Å²) in [6.07, 6.45) is 0.262. The summed E-state index contributed by atoms with van der Waals surface area (Å²) < 4.78 is 0. The van der Waals surface area contributed by atoms with Crippen molar-refractivity contribution < 1.29 is 9.59 Å². The van der Waals surface area contributed by atoms with Crippen molar-refractivity contribution in [2.75, 3.05) is 10.6 Å². The molecular formula is C24H22Cl2N2O2. The smallest absolute Gasteiger partial charge is 0.237 e. The van der Waals surface area contributed by atoms with E-state index in [1.54, 1.807) is 36.4 Å². The number of rotatable bonds is 6. The number of hydrogen-bond acceptors (Lipinski definition) is 2. The van der Waals surface area contributed by atoms with Gasteiger partial charge in [0.25, 0.3) is 0 Å². The van der Waals surface area contributed by atoms with Crippen LogP contribution in [0.15, 0.2) is 66.7 Å². The lowest BCUT2D eigenvalue weighted by atomic mass is 9.97. The van der Waals surface area contributed by atoms with Crippen molar-refractivity contribution in [3.8, 4) is 0 Å². The van der Waals surface area contributed by atoms with Gasteiger partial charge in [0, 0.05) is 21.4 Å². The SMILES string of the molecule is Cc1c(Cl)cccc1NC(=O)C(Cc1ccccc1)C(=O)Nc1cccc(Cl)c1C. The lowest BCUT2D eigenvalue weighted by Crippen LogP contribution is -2.35. The first-order chi connectivity index (χ1) is 14.4. The molecule has 0 aliphatic rings. The molecule has 0 spiro atoms. The molecule has 0 fully saturated rings. The molecule has 2 amide bonds. The second kappa shape index (κ2) is 9.79. The highest BCUT2D eigenvalue weighted by Crippen LogP contribution is 2.26. The zero-order chi connectivity index (χ0) is 21.7. The second-order valence-corrected chi connectivity index (χ2v) is 7.86. The van der Waals surface area contributed by atoms with E-state index < -0.39 is 17.7 Å². The Balaban J connectivity index is 1.87. The Kier molecular flexibility index (Phi) is 7.14. The van der Waals surface area contributed by atoms with E-state index in [9.17, 15) is 9.59 Å². The Morgan fingerprint density at radius 1 is 0.733 bits per heavy atom. The van der Waals surface area contributed by atoms with Gasteiger partial charge in [0.05, 0.1) is 0 Å². The fourth-order valence-electron chi connectivity index (χ4n) is 3.08. The van der Waals surface area contributed by atoms with Crippen LogP contribution in [0, 0.1) is 19.8 Å². The maximum atomic E-state index is 13.1. The molecular weight excluding hydrogens is 419 g/mol. The zero-order valence-corrected chi connectivity index (χ0v) is 18.2. The van der Waals surface area contributed by atoms with Crippen LogP contribution < -0.4 is 10.6 Å². The summed E-state index contributed by atoms with van der Waals surface area (Å²) in [4.78, 5) is 26.2. The highest BCUT2D eigenvalue weighted by atomic mass is 35.5. The van der Waals surface area contributed by atoms with E-state index in [1.807, 2.05) is 44.2 Å². The highest BCUT2D eigenvalue weighted by Gasteiger charge is 2.28. The number of carbonyl (C=O) groups is 2. The molecule has 0 bridgehead atoms. The lowest BCUT2D eigenvalue weighted by molar-refractivity contribution is -0.129. The van der Waals surface area contributed by atoms with E-state index in [4.69, 9.17) is 23.2 Å². The maximum Gasteiger partial charge on any atom is 0.237 e. The second-order valence-electron chi connectivity index (χ2n) is 7.05. The number of hydrogen-bond donors (Lipinski definition) is 2. The molecule has 0 saturated carbocycles. The van der Waals surface area contributed by atoms with E-state index >= 15 is 0 Å². The molecule has 0 radical (unpaired) electrons. The zero-order valence-electron chi connectivity index (χ0n) is 16.7. The van der Waals surface area contributed by atoms with Crippen LogP contribution in [0.25, 0.3) is 0 Å². The molecule has 0 heterocycles. The summed E-state index contributed by atoms with van der Waals surface area (Å²) in [6.45, 7) is 3.64. The summed E-state index contributed by atoms with van der Waals surface area (Å²) in [5.74, 6) is -1.74. The normalized spacial score (nSPS) is 10.7. The standard InChI is InChI=1S/C24H22Cl2N2O2/c1-15-19(25)10-6-12-21(15)27-23(29)18(14-17-8-4-3-5-9-17)24(30)28-22-13-7-11-20(26)16(22)2/h3-13,18H,14H2,1-2H3,(H,27,29)(H,28,30). The van der Waals surface area contributed by atoms with Crippen molar-refractivity contribution in [1.29, 1.82) is 0 Å². The molecule has 2 N–H and O–H groups in total. The number of halogens is 2. The van der Waals surface area contributed by atoms with Gasteiger partial charge in [0.15, 0.2) is 0 Å². The van der Waals surface area contributed by atoms with E-state index in [0.29, 0.717) is 21.4 Å². The molecule has 4 nitrogen and oxygen atoms in total. The quantitative estimate of drug-likeness (QED) is 0.458. The van der Waals surface area contributed by atoms with Gasteiger partial charge in [0.1, 0.15) is 5.92 Å². The van der Waals surface area contributed by atoms with Crippen LogP contribution in [0.5, 0.6) is 0 Å². The summed E-state index contributed by atoms with van der Waals surface area (Å²) in [7, 11) is 0. The highest BCUT2D eigenvalue weighted by molar-refractivity contribution is 6.32. The number of benzene rings is 3. The Morgan fingerprint density at radius 2 is 1.20 bits per heavy atom. The first-order valence-electron chi connectivity index (χ1n) is 9.52. The van der Waals surface area contributed by atoms with E-state index in [2.05, 4.69) is 10.6 Å². The Bertz CT molecular complexity index is 1000. The van der Waals surface area contributed by atoms with Crippen LogP contribution >= 0.6 is 23.2 Å². The van der Waals surface area contributed by atoms with Gasteiger partial charge in [-0.2, -0.15) is 0 Å². The Morgan fingerprint density at radius 3 is 1.67 bits per heavy atom. The molecule has 6 heteroatoms. The van der Waals surface area contributed by atoms with E-state index in [-0.39, 0.29) is 6.42 Å². The van der Waals surface area contributed by atoms with Crippen LogP contribution in [0.4, 0.5) is 11.4 Å². The number of amides is 2. The van der Waals surface area contributed by atoms with Crippen LogP contribution in [-0.2, 0) is 16.0 Å². The number of nitrogens with one attached hydrogen (secondary N) is 2. The summed E-state index contributed by atoms with van der Waals surface area (Å²) in [5, 5.41) is 6.80. The molecule has 0 aliphatic heterocycles. The van der Waals surface area contributed by atoms with Crippen molar-refractivity contribution in [2.45, 2.75) is 20.3 Å². The first-order valence-corrected chi connectivity index (χ1v) is 10.3. The van der Waals surface area contributed by atoms with Crippen LogP contribution in [-0.4, -0.2) is 11.8 Å². The predicted octanol–water partition coefficient (Wildman–Crippen LogP) is 6.05. The van der Waals surface area contributed by atoms with Gasteiger partial charge < -0.3 is 10.6 Å². The fraction of sp³-hybridized carbons (Fsp3) is 0.167. The van der Waals surface area contributed by atoms with Crippen molar-refractivity contribution >= 4 is 46.4 Å². The minimum atomic E-state index is -0.941. The topological polar surface area (TPSA) is 58.2 Å². The molecule has 3 aromatic carbocycles. The van der Waals surface area contributed by atoms with Gasteiger partial charge in [-0.1, -0.05) is 65.7 Å². The molecule has 154 valence electrons. The van der Waals surface area contributed by atoms with Crippen LogP contribution in [0.1, 0.15) is 16.7 Å².